The summed E-state index contributed by atoms with van der Waals surface area (Å²) in [5, 5.41) is 31.9. The number of fused-ring (bicyclic) bond motifs is 3. The monoisotopic (exact) mass is 338 g/mol. The van der Waals surface area contributed by atoms with Crippen LogP contribution in [0.4, 0.5) is 0 Å². The Morgan fingerprint density at radius 1 is 1.42 bits per heavy atom. The molecule has 132 valence electrons. The maximum absolute atomic E-state index is 12.0. The van der Waals surface area contributed by atoms with E-state index < -0.39 is 53.3 Å². The molecule has 1 aliphatic heterocycles. The van der Waals surface area contributed by atoms with Gasteiger partial charge in [-0.1, -0.05) is 12.7 Å². The standard InChI is InChI=1S/C17H22O7/c1-7-12-10(23-8(2)18)6-16(3,21)9-5-11(19)17(4,22)13(9)14(12)24-15(7)20/h5,10-14,19,21-22H,1,6H2,2-4H3/t10-,11-,12+,13-,14-,16-,17+/m0/s1. The minimum atomic E-state index is -1.63. The fourth-order valence-electron chi connectivity index (χ4n) is 4.25. The van der Waals surface area contributed by atoms with E-state index in [1.165, 1.54) is 26.8 Å². The van der Waals surface area contributed by atoms with E-state index in [2.05, 4.69) is 6.58 Å². The van der Waals surface area contributed by atoms with Crippen molar-refractivity contribution in [3.63, 3.8) is 0 Å². The first-order valence-corrected chi connectivity index (χ1v) is 7.89. The molecular weight excluding hydrogens is 316 g/mol. The lowest BCUT2D eigenvalue weighted by atomic mass is 9.76. The molecule has 3 aliphatic rings. The number of hydrogen-bond donors (Lipinski definition) is 3. The van der Waals surface area contributed by atoms with Crippen LogP contribution >= 0.6 is 0 Å². The van der Waals surface area contributed by atoms with Crippen LogP contribution in [0.25, 0.3) is 0 Å². The summed E-state index contributed by atoms with van der Waals surface area (Å²) in [5.41, 5.74) is -2.55. The Morgan fingerprint density at radius 2 is 2.04 bits per heavy atom. The smallest absolute Gasteiger partial charge is 0.334 e. The highest BCUT2D eigenvalue weighted by Crippen LogP contribution is 2.53. The second-order valence-corrected chi connectivity index (χ2v) is 7.32. The van der Waals surface area contributed by atoms with E-state index in [1.807, 2.05) is 0 Å². The zero-order valence-electron chi connectivity index (χ0n) is 13.9. The van der Waals surface area contributed by atoms with Crippen LogP contribution in [0, 0.1) is 11.8 Å². The van der Waals surface area contributed by atoms with Gasteiger partial charge in [0, 0.05) is 18.9 Å². The Morgan fingerprint density at radius 3 is 2.62 bits per heavy atom. The van der Waals surface area contributed by atoms with Crippen molar-refractivity contribution in [1.82, 2.24) is 0 Å². The van der Waals surface area contributed by atoms with Gasteiger partial charge in [-0.05, 0) is 19.4 Å². The minimum absolute atomic E-state index is 0.00847. The van der Waals surface area contributed by atoms with E-state index in [4.69, 9.17) is 9.47 Å². The van der Waals surface area contributed by atoms with Crippen LogP contribution in [-0.2, 0) is 19.1 Å². The maximum atomic E-state index is 12.0. The molecule has 0 aromatic heterocycles. The van der Waals surface area contributed by atoms with Crippen LogP contribution < -0.4 is 0 Å². The third-order valence-electron chi connectivity index (χ3n) is 5.43. The van der Waals surface area contributed by atoms with E-state index in [0.29, 0.717) is 5.57 Å². The maximum Gasteiger partial charge on any atom is 0.334 e. The Labute approximate surface area is 139 Å². The van der Waals surface area contributed by atoms with Crippen molar-refractivity contribution < 1.29 is 34.4 Å². The highest BCUT2D eigenvalue weighted by Gasteiger charge is 2.63. The highest BCUT2D eigenvalue weighted by molar-refractivity contribution is 5.91. The molecule has 2 aliphatic carbocycles. The predicted octanol–water partition coefficient (Wildman–Crippen LogP) is -0.161. The average Bonchev–Trinajstić information content (AvgIpc) is 2.80. The molecule has 0 aromatic carbocycles. The van der Waals surface area contributed by atoms with Gasteiger partial charge in [0.15, 0.2) is 0 Å². The predicted molar refractivity (Wildman–Crippen MR) is 81.5 cm³/mol. The summed E-state index contributed by atoms with van der Waals surface area (Å²) < 4.78 is 10.7. The Kier molecular flexibility index (Phi) is 3.67. The molecule has 0 amide bonds. The number of carbonyl (C=O) groups is 2. The Bertz CT molecular complexity index is 645. The van der Waals surface area contributed by atoms with Crippen molar-refractivity contribution in [2.24, 2.45) is 11.8 Å². The van der Waals surface area contributed by atoms with Gasteiger partial charge < -0.3 is 24.8 Å². The Balaban J connectivity index is 2.14. The quantitative estimate of drug-likeness (QED) is 0.346. The number of carbonyl (C=O) groups excluding carboxylic acids is 2. The first kappa shape index (κ1) is 17.1. The van der Waals surface area contributed by atoms with Crippen molar-refractivity contribution in [3.8, 4) is 0 Å². The van der Waals surface area contributed by atoms with Crippen LogP contribution in [0.2, 0.25) is 0 Å². The van der Waals surface area contributed by atoms with Crippen LogP contribution in [0.3, 0.4) is 0 Å². The van der Waals surface area contributed by atoms with Gasteiger partial charge in [-0.3, -0.25) is 4.79 Å². The van der Waals surface area contributed by atoms with Gasteiger partial charge in [-0.25, -0.2) is 4.79 Å². The first-order valence-electron chi connectivity index (χ1n) is 7.89. The number of aliphatic hydroxyl groups is 3. The molecule has 24 heavy (non-hydrogen) atoms. The number of hydrogen-bond acceptors (Lipinski definition) is 7. The summed E-state index contributed by atoms with van der Waals surface area (Å²) in [6.45, 7) is 7.94. The van der Waals surface area contributed by atoms with Gasteiger partial charge in [0.05, 0.1) is 17.4 Å². The van der Waals surface area contributed by atoms with Crippen molar-refractivity contribution >= 4 is 11.9 Å². The molecule has 0 unspecified atom stereocenters. The molecule has 7 heteroatoms. The number of aliphatic hydroxyl groups excluding tert-OH is 1. The zero-order valence-corrected chi connectivity index (χ0v) is 13.9. The van der Waals surface area contributed by atoms with Crippen LogP contribution in [-0.4, -0.2) is 56.8 Å². The number of rotatable bonds is 1. The normalized spacial score (nSPS) is 47.4. The molecule has 0 aromatic rings. The van der Waals surface area contributed by atoms with E-state index in [9.17, 15) is 24.9 Å². The lowest BCUT2D eigenvalue weighted by Gasteiger charge is -2.36. The van der Waals surface area contributed by atoms with Crippen molar-refractivity contribution in [2.75, 3.05) is 0 Å². The third kappa shape index (κ3) is 2.30. The van der Waals surface area contributed by atoms with Crippen molar-refractivity contribution in [1.29, 1.82) is 0 Å². The molecule has 1 saturated heterocycles. The number of ether oxygens (including phenoxy) is 2. The summed E-state index contributed by atoms with van der Waals surface area (Å²) in [4.78, 5) is 23.5. The second-order valence-electron chi connectivity index (χ2n) is 7.32. The van der Waals surface area contributed by atoms with Crippen LogP contribution in [0.15, 0.2) is 23.8 Å². The fraction of sp³-hybridized carbons (Fsp3) is 0.647. The largest absolute Gasteiger partial charge is 0.462 e. The lowest BCUT2D eigenvalue weighted by molar-refractivity contribution is -0.155. The molecule has 7 atom stereocenters. The lowest BCUT2D eigenvalue weighted by Crippen LogP contribution is -2.49. The average molecular weight is 338 g/mol. The molecule has 1 heterocycles. The topological polar surface area (TPSA) is 113 Å². The summed E-state index contributed by atoms with van der Waals surface area (Å²) in [6.07, 6.45) is -1.49. The van der Waals surface area contributed by atoms with E-state index in [-0.39, 0.29) is 12.0 Å². The molecule has 2 fully saturated rings. The molecule has 1 saturated carbocycles. The van der Waals surface area contributed by atoms with Gasteiger partial charge in [0.1, 0.15) is 23.9 Å². The SMILES string of the molecule is C=C1C(=O)O[C@H]2[C@H]1[C@@H](OC(C)=O)C[C@](C)(O)C1=C[C@H](O)[C@@](C)(O)[C@@H]12. The first-order chi connectivity index (χ1) is 11.0. The van der Waals surface area contributed by atoms with Gasteiger partial charge in [0.2, 0.25) is 0 Å². The minimum Gasteiger partial charge on any atom is -0.462 e. The number of esters is 2. The third-order valence-corrected chi connectivity index (χ3v) is 5.43. The van der Waals surface area contributed by atoms with Gasteiger partial charge in [0.25, 0.3) is 0 Å². The molecule has 3 rings (SSSR count). The van der Waals surface area contributed by atoms with Crippen molar-refractivity contribution in [3.05, 3.63) is 23.8 Å². The van der Waals surface area contributed by atoms with E-state index >= 15 is 0 Å². The molecule has 0 spiro atoms. The summed E-state index contributed by atoms with van der Waals surface area (Å²) in [7, 11) is 0. The fourth-order valence-corrected chi connectivity index (χ4v) is 4.25. The molecule has 0 radical (unpaired) electrons. The highest BCUT2D eigenvalue weighted by atomic mass is 16.6. The molecular formula is C17H22O7. The Hall–Kier alpha value is -1.70. The molecule has 3 N–H and O–H groups in total. The zero-order chi connectivity index (χ0) is 18.0. The summed E-state index contributed by atoms with van der Waals surface area (Å²) in [5.74, 6) is -2.69. The van der Waals surface area contributed by atoms with E-state index in [0.717, 1.165) is 0 Å². The van der Waals surface area contributed by atoms with E-state index in [1.54, 1.807) is 0 Å². The van der Waals surface area contributed by atoms with Crippen LogP contribution in [0.1, 0.15) is 27.2 Å². The van der Waals surface area contributed by atoms with Gasteiger partial charge >= 0.3 is 11.9 Å². The molecule has 7 nitrogen and oxygen atoms in total. The summed E-state index contributed by atoms with van der Waals surface area (Å²) >= 11 is 0. The van der Waals surface area contributed by atoms with Gasteiger partial charge in [-0.15, -0.1) is 0 Å². The van der Waals surface area contributed by atoms with Crippen molar-refractivity contribution in [2.45, 2.75) is 56.7 Å². The summed E-state index contributed by atoms with van der Waals surface area (Å²) in [6, 6.07) is 0. The van der Waals surface area contributed by atoms with Crippen LogP contribution in [0.5, 0.6) is 0 Å². The van der Waals surface area contributed by atoms with Gasteiger partial charge in [-0.2, -0.15) is 0 Å². The molecule has 0 bridgehead atoms. The second kappa shape index (κ2) is 5.15.